The highest BCUT2D eigenvalue weighted by molar-refractivity contribution is 7.51. The number of nitrogens with zero attached hydrogens (tertiary/aromatic N) is 4. The lowest BCUT2D eigenvalue weighted by Gasteiger charge is -2.19. The summed E-state index contributed by atoms with van der Waals surface area (Å²) in [4.78, 5) is 26.1. The lowest BCUT2D eigenvalue weighted by molar-refractivity contribution is -0.0610. The molecule has 192 valence electrons. The van der Waals surface area contributed by atoms with Crippen LogP contribution in [0.25, 0.3) is 11.0 Å². The lowest BCUT2D eigenvalue weighted by Crippen LogP contribution is -2.33. The predicted molar refractivity (Wildman–Crippen MR) is 119 cm³/mol. The maximum Gasteiger partial charge on any atom is 0.350 e. The molecule has 0 bridgehead atoms. The minimum Gasteiger partial charge on any atom is -0.387 e. The first kappa shape index (κ1) is 26.1. The molecule has 3 aromatic rings. The fraction of sp³-hybridized carbons (Fsp3) is 0.381. The Morgan fingerprint density at radius 3 is 2.69 bits per heavy atom. The Labute approximate surface area is 202 Å². The second kappa shape index (κ2) is 10.2. The van der Waals surface area contributed by atoms with Crippen LogP contribution in [0.3, 0.4) is 0 Å². The summed E-state index contributed by atoms with van der Waals surface area (Å²) in [6, 6.07) is 5.87. The molecule has 3 heterocycles. The number of hydrogen-bond acceptors (Lipinski definition) is 9. The number of nitrogens with one attached hydrogen (secondary N) is 1. The molecule has 1 aliphatic heterocycles. The smallest absolute Gasteiger partial charge is 0.350 e. The monoisotopic (exact) mass is 525 g/mol. The number of aliphatic hydroxyl groups is 2. The zero-order valence-corrected chi connectivity index (χ0v) is 19.6. The van der Waals surface area contributed by atoms with Gasteiger partial charge in [0.25, 0.3) is 0 Å². The maximum atomic E-state index is 14.3. The van der Waals surface area contributed by atoms with Crippen LogP contribution in [0.5, 0.6) is 0 Å². The van der Waals surface area contributed by atoms with E-state index < -0.39 is 62.8 Å². The molecule has 5 atom stereocenters. The second-order valence-electron chi connectivity index (χ2n) is 8.21. The quantitative estimate of drug-likeness (QED) is 0.269. The van der Waals surface area contributed by atoms with Gasteiger partial charge in [-0.15, -0.1) is 0 Å². The summed E-state index contributed by atoms with van der Waals surface area (Å²) in [5.41, 5.74) is 0.320. The SMILES string of the molecule is CC(Nc1nc(C#N)nc2c1ccn2[C@@H]1O[C@H](COCP(=O)(O)O)[C@@H](O)[C@H]1O)c1ccc(F)cc1F. The van der Waals surface area contributed by atoms with Crippen LogP contribution >= 0.6 is 7.60 Å². The van der Waals surface area contributed by atoms with E-state index in [9.17, 15) is 28.8 Å². The minimum atomic E-state index is -4.43. The molecule has 5 N–H and O–H groups in total. The Hall–Kier alpha value is -3.02. The summed E-state index contributed by atoms with van der Waals surface area (Å²) in [5, 5.41) is 33.7. The fourth-order valence-electron chi connectivity index (χ4n) is 3.92. The molecular formula is C21H22F2N5O7P. The van der Waals surface area contributed by atoms with Crippen LogP contribution < -0.4 is 5.32 Å². The molecule has 1 unspecified atom stereocenters. The molecule has 1 aliphatic rings. The van der Waals surface area contributed by atoms with Gasteiger partial charge in [-0.2, -0.15) is 5.26 Å². The van der Waals surface area contributed by atoms with Crippen molar-refractivity contribution in [3.05, 3.63) is 53.5 Å². The Morgan fingerprint density at radius 1 is 1.28 bits per heavy atom. The van der Waals surface area contributed by atoms with Crippen molar-refractivity contribution in [1.82, 2.24) is 14.5 Å². The van der Waals surface area contributed by atoms with E-state index in [-0.39, 0.29) is 22.9 Å². The summed E-state index contributed by atoms with van der Waals surface area (Å²) in [5.74, 6) is -1.56. The van der Waals surface area contributed by atoms with Crippen LogP contribution in [0.2, 0.25) is 0 Å². The van der Waals surface area contributed by atoms with E-state index in [1.54, 1.807) is 13.0 Å². The third-order valence-electron chi connectivity index (χ3n) is 5.61. The topological polar surface area (TPSA) is 183 Å². The summed E-state index contributed by atoms with van der Waals surface area (Å²) in [7, 11) is -4.43. The van der Waals surface area contributed by atoms with Crippen LogP contribution in [-0.2, 0) is 14.0 Å². The van der Waals surface area contributed by atoms with Gasteiger partial charge in [-0.05, 0) is 19.1 Å². The number of aliphatic hydroxyl groups excluding tert-OH is 2. The van der Waals surface area contributed by atoms with Crippen molar-refractivity contribution < 1.29 is 42.8 Å². The van der Waals surface area contributed by atoms with E-state index in [1.807, 2.05) is 6.07 Å². The van der Waals surface area contributed by atoms with Gasteiger partial charge in [0.2, 0.25) is 5.82 Å². The van der Waals surface area contributed by atoms with Gasteiger partial charge in [0.15, 0.2) is 6.23 Å². The van der Waals surface area contributed by atoms with Crippen molar-refractivity contribution in [2.45, 2.75) is 37.5 Å². The van der Waals surface area contributed by atoms with E-state index in [0.717, 1.165) is 12.1 Å². The summed E-state index contributed by atoms with van der Waals surface area (Å²) < 4.78 is 50.5. The molecule has 1 saturated heterocycles. The summed E-state index contributed by atoms with van der Waals surface area (Å²) >= 11 is 0. The highest BCUT2D eigenvalue weighted by Gasteiger charge is 2.44. The van der Waals surface area contributed by atoms with E-state index >= 15 is 0 Å². The molecule has 1 aromatic carbocycles. The van der Waals surface area contributed by atoms with Gasteiger partial charge in [0.05, 0.1) is 18.0 Å². The number of nitriles is 1. The molecule has 0 spiro atoms. The molecule has 15 heteroatoms. The summed E-state index contributed by atoms with van der Waals surface area (Å²) in [6.45, 7) is 1.22. The molecule has 36 heavy (non-hydrogen) atoms. The first-order chi connectivity index (χ1) is 17.0. The Morgan fingerprint density at radius 2 is 2.03 bits per heavy atom. The fourth-order valence-corrected chi connectivity index (χ4v) is 4.26. The third-order valence-corrected chi connectivity index (χ3v) is 6.13. The first-order valence-corrected chi connectivity index (χ1v) is 12.4. The molecule has 1 fully saturated rings. The Bertz CT molecular complexity index is 1360. The largest absolute Gasteiger partial charge is 0.387 e. The Kier molecular flexibility index (Phi) is 7.35. The number of rotatable bonds is 8. The average Bonchev–Trinajstić information content (AvgIpc) is 3.34. The standard InChI is InChI=1S/C21H22F2N5O7P/c1-10(12-3-2-11(22)6-14(12)23)25-19-13-4-5-28(20(13)27-16(7-24)26-19)21-18(30)17(29)15(35-21)8-34-9-36(31,32)33/h2-6,10,15,17-18,21,29-30H,8-9H2,1H3,(H,25,26,27)(H2,31,32,33)/t10?,15-,17-,18-,21-/m1/s1. The zero-order chi connectivity index (χ0) is 26.2. The van der Waals surface area contributed by atoms with Gasteiger partial charge in [-0.25, -0.2) is 18.7 Å². The summed E-state index contributed by atoms with van der Waals surface area (Å²) in [6.07, 6.45) is -4.59. The maximum absolute atomic E-state index is 14.3. The number of aromatic nitrogens is 3. The number of benzene rings is 1. The minimum absolute atomic E-state index is 0.156. The van der Waals surface area contributed by atoms with E-state index in [1.165, 1.54) is 16.8 Å². The zero-order valence-electron chi connectivity index (χ0n) is 18.7. The molecule has 0 radical (unpaired) electrons. The molecule has 0 aliphatic carbocycles. The molecule has 12 nitrogen and oxygen atoms in total. The van der Waals surface area contributed by atoms with Crippen molar-refractivity contribution in [1.29, 1.82) is 5.26 Å². The van der Waals surface area contributed by atoms with Crippen molar-refractivity contribution in [2.75, 3.05) is 18.3 Å². The van der Waals surface area contributed by atoms with E-state index in [0.29, 0.717) is 5.39 Å². The molecule has 2 aromatic heterocycles. The predicted octanol–water partition coefficient (Wildman–Crippen LogP) is 1.53. The number of fused-ring (bicyclic) bond motifs is 1. The van der Waals surface area contributed by atoms with Crippen molar-refractivity contribution >= 4 is 24.4 Å². The average molecular weight is 525 g/mol. The Balaban J connectivity index is 1.62. The van der Waals surface area contributed by atoms with Crippen molar-refractivity contribution in [3.8, 4) is 6.07 Å². The first-order valence-electron chi connectivity index (χ1n) is 10.6. The van der Waals surface area contributed by atoms with Gasteiger partial charge in [-0.3, -0.25) is 4.57 Å². The third kappa shape index (κ3) is 5.37. The highest BCUT2D eigenvalue weighted by atomic mass is 31.2. The molecular weight excluding hydrogens is 503 g/mol. The van der Waals surface area contributed by atoms with Crippen molar-refractivity contribution in [2.24, 2.45) is 0 Å². The van der Waals surface area contributed by atoms with Gasteiger partial charge < -0.3 is 39.4 Å². The number of anilines is 1. The van der Waals surface area contributed by atoms with Crippen LogP contribution in [0.15, 0.2) is 30.5 Å². The van der Waals surface area contributed by atoms with Gasteiger partial charge in [0, 0.05) is 17.8 Å². The second-order valence-corrected chi connectivity index (χ2v) is 9.80. The van der Waals surface area contributed by atoms with Gasteiger partial charge >= 0.3 is 7.60 Å². The number of ether oxygens (including phenoxy) is 2. The van der Waals surface area contributed by atoms with Crippen molar-refractivity contribution in [3.63, 3.8) is 0 Å². The lowest BCUT2D eigenvalue weighted by atomic mass is 10.1. The number of hydrogen-bond donors (Lipinski definition) is 5. The van der Waals surface area contributed by atoms with Crippen LogP contribution in [0.1, 0.15) is 30.6 Å². The molecule has 0 saturated carbocycles. The van der Waals surface area contributed by atoms with E-state index in [2.05, 4.69) is 15.3 Å². The number of halogens is 2. The van der Waals surface area contributed by atoms with Crippen LogP contribution in [0, 0.1) is 23.0 Å². The van der Waals surface area contributed by atoms with Crippen LogP contribution in [0.4, 0.5) is 14.6 Å². The van der Waals surface area contributed by atoms with Gasteiger partial charge in [0.1, 0.15) is 53.8 Å². The molecule has 0 amide bonds. The molecule has 4 rings (SSSR count). The van der Waals surface area contributed by atoms with Gasteiger partial charge in [-0.1, -0.05) is 6.07 Å². The highest BCUT2D eigenvalue weighted by Crippen LogP contribution is 2.37. The van der Waals surface area contributed by atoms with E-state index in [4.69, 9.17) is 19.3 Å². The van der Waals surface area contributed by atoms with Crippen LogP contribution in [-0.4, -0.2) is 65.8 Å². The normalized spacial score (nSPS) is 23.1.